The van der Waals surface area contributed by atoms with Gasteiger partial charge in [0.05, 0.1) is 12.8 Å². The number of nitrogens with one attached hydrogen (secondary N) is 1. The molecule has 0 aliphatic carbocycles. The van der Waals surface area contributed by atoms with Gasteiger partial charge >= 0.3 is 0 Å². The largest absolute Gasteiger partial charge is 0.493 e. The van der Waals surface area contributed by atoms with E-state index in [2.05, 4.69) is 9.97 Å². The molecule has 3 rings (SSSR count). The second kappa shape index (κ2) is 7.30. The van der Waals surface area contributed by atoms with Crippen molar-refractivity contribution < 1.29 is 9.13 Å². The number of nitrogens with zero attached hydrogens (tertiary/aromatic N) is 1. The lowest BCUT2D eigenvalue weighted by Gasteiger charge is -2.13. The molecule has 2 aromatic carbocycles. The third-order valence-electron chi connectivity index (χ3n) is 4.07. The van der Waals surface area contributed by atoms with Gasteiger partial charge in [-0.05, 0) is 37.5 Å². The third-order valence-corrected chi connectivity index (χ3v) is 4.07. The fraction of sp³-hybridized carbons (Fsp3) is 0.200. The smallest absolute Gasteiger partial charge is 0.254 e. The number of methoxy groups -OCH3 is 1. The van der Waals surface area contributed by atoms with Gasteiger partial charge in [-0.25, -0.2) is 9.37 Å². The van der Waals surface area contributed by atoms with Gasteiger partial charge in [0.25, 0.3) is 5.56 Å². The summed E-state index contributed by atoms with van der Waals surface area (Å²) in [5.41, 5.74) is 2.40. The van der Waals surface area contributed by atoms with E-state index in [4.69, 9.17) is 4.74 Å². The average molecular weight is 338 g/mol. The Balaban J connectivity index is 2.08. The Morgan fingerprint density at radius 2 is 1.84 bits per heavy atom. The molecule has 4 nitrogen and oxygen atoms in total. The highest BCUT2D eigenvalue weighted by Crippen LogP contribution is 2.32. The van der Waals surface area contributed by atoms with Gasteiger partial charge in [-0.3, -0.25) is 4.79 Å². The zero-order valence-corrected chi connectivity index (χ0v) is 14.2. The molecule has 5 heteroatoms. The van der Waals surface area contributed by atoms with E-state index < -0.39 is 5.82 Å². The maximum Gasteiger partial charge on any atom is 0.254 e. The summed E-state index contributed by atoms with van der Waals surface area (Å²) in [6.07, 6.45) is 1.20. The van der Waals surface area contributed by atoms with E-state index in [9.17, 15) is 9.18 Å². The Morgan fingerprint density at radius 3 is 2.56 bits per heavy atom. The zero-order valence-electron chi connectivity index (χ0n) is 14.2. The first kappa shape index (κ1) is 16.9. The van der Waals surface area contributed by atoms with Gasteiger partial charge in [0, 0.05) is 11.1 Å². The maximum atomic E-state index is 14.1. The third kappa shape index (κ3) is 3.60. The highest BCUT2D eigenvalue weighted by Gasteiger charge is 2.18. The van der Waals surface area contributed by atoms with E-state index in [0.717, 1.165) is 5.56 Å². The average Bonchev–Trinajstić information content (AvgIpc) is 2.61. The summed E-state index contributed by atoms with van der Waals surface area (Å²) in [7, 11) is 1.41. The highest BCUT2D eigenvalue weighted by atomic mass is 19.1. The molecule has 0 radical (unpaired) electrons. The number of hydrogen-bond acceptors (Lipinski definition) is 3. The van der Waals surface area contributed by atoms with Crippen molar-refractivity contribution in [3.63, 3.8) is 0 Å². The number of para-hydroxylation sites is 1. The van der Waals surface area contributed by atoms with Crippen LogP contribution in [0.1, 0.15) is 17.0 Å². The van der Waals surface area contributed by atoms with E-state index in [1.807, 2.05) is 30.3 Å². The van der Waals surface area contributed by atoms with Crippen molar-refractivity contribution in [1.82, 2.24) is 9.97 Å². The fourth-order valence-corrected chi connectivity index (χ4v) is 2.88. The molecule has 0 saturated heterocycles. The Kier molecular flexibility index (Phi) is 4.93. The Hall–Kier alpha value is -2.95. The minimum Gasteiger partial charge on any atom is -0.493 e. The molecule has 0 aliphatic rings. The van der Waals surface area contributed by atoms with Gasteiger partial charge in [-0.2, -0.15) is 0 Å². The van der Waals surface area contributed by atoms with Crippen molar-refractivity contribution in [1.29, 1.82) is 0 Å². The maximum absolute atomic E-state index is 14.1. The quantitative estimate of drug-likeness (QED) is 0.772. The van der Waals surface area contributed by atoms with E-state index in [1.165, 1.54) is 13.2 Å². The number of H-pyrrole nitrogens is 1. The number of aromatic amines is 1. The molecule has 1 N–H and O–H groups in total. The van der Waals surface area contributed by atoms with Crippen LogP contribution in [0.5, 0.6) is 5.75 Å². The predicted octanol–water partition coefficient (Wildman–Crippen LogP) is 3.68. The van der Waals surface area contributed by atoms with Crippen LogP contribution in [-0.2, 0) is 12.8 Å². The first-order valence-electron chi connectivity index (χ1n) is 8.06. The van der Waals surface area contributed by atoms with Crippen molar-refractivity contribution >= 4 is 0 Å². The molecule has 0 fully saturated rings. The second-order valence-electron chi connectivity index (χ2n) is 5.78. The van der Waals surface area contributed by atoms with Crippen molar-refractivity contribution in [3.05, 3.63) is 81.7 Å². The molecular formula is C20H19FN2O2. The Morgan fingerprint density at radius 1 is 1.08 bits per heavy atom. The molecule has 1 heterocycles. The topological polar surface area (TPSA) is 55.0 Å². The lowest BCUT2D eigenvalue weighted by molar-refractivity contribution is 0.388. The minimum atomic E-state index is -0.478. The SMILES string of the molecule is COc1c(F)cccc1-c1nc(C)[nH]c(=O)c1CCc1ccccc1. The molecule has 1 aromatic heterocycles. The molecule has 0 aliphatic heterocycles. The molecule has 0 amide bonds. The Bertz CT molecular complexity index is 936. The van der Waals surface area contributed by atoms with E-state index in [1.54, 1.807) is 19.1 Å². The van der Waals surface area contributed by atoms with Crippen molar-refractivity contribution in [2.75, 3.05) is 7.11 Å². The number of rotatable bonds is 5. The van der Waals surface area contributed by atoms with Crippen LogP contribution in [0, 0.1) is 12.7 Å². The van der Waals surface area contributed by atoms with Gasteiger partial charge in [0.2, 0.25) is 0 Å². The number of hydrogen-bond donors (Lipinski definition) is 1. The van der Waals surface area contributed by atoms with Crippen LogP contribution >= 0.6 is 0 Å². The molecular weight excluding hydrogens is 319 g/mol. The van der Waals surface area contributed by atoms with Crippen LogP contribution in [-0.4, -0.2) is 17.1 Å². The fourth-order valence-electron chi connectivity index (χ4n) is 2.88. The normalized spacial score (nSPS) is 10.7. The zero-order chi connectivity index (χ0) is 17.8. The molecule has 128 valence electrons. The number of aromatic nitrogens is 2. The van der Waals surface area contributed by atoms with Crippen molar-refractivity contribution in [2.24, 2.45) is 0 Å². The molecule has 0 saturated carbocycles. The number of ether oxygens (including phenoxy) is 1. The Labute approximate surface area is 145 Å². The van der Waals surface area contributed by atoms with Gasteiger partial charge < -0.3 is 9.72 Å². The molecule has 25 heavy (non-hydrogen) atoms. The summed E-state index contributed by atoms with van der Waals surface area (Å²) < 4.78 is 19.3. The van der Waals surface area contributed by atoms with E-state index in [-0.39, 0.29) is 11.3 Å². The van der Waals surface area contributed by atoms with E-state index in [0.29, 0.717) is 35.5 Å². The van der Waals surface area contributed by atoms with Gasteiger partial charge in [-0.1, -0.05) is 36.4 Å². The minimum absolute atomic E-state index is 0.0981. The van der Waals surface area contributed by atoms with E-state index >= 15 is 0 Å². The van der Waals surface area contributed by atoms with Crippen LogP contribution in [0.3, 0.4) is 0 Å². The van der Waals surface area contributed by atoms with Crippen LogP contribution in [0.25, 0.3) is 11.3 Å². The first-order valence-corrected chi connectivity index (χ1v) is 8.06. The summed E-state index contributed by atoms with van der Waals surface area (Å²) in [6, 6.07) is 14.5. The molecule has 0 bridgehead atoms. The van der Waals surface area contributed by atoms with Gasteiger partial charge in [0.15, 0.2) is 11.6 Å². The van der Waals surface area contributed by atoms with Crippen LogP contribution < -0.4 is 10.3 Å². The van der Waals surface area contributed by atoms with Crippen LogP contribution in [0.4, 0.5) is 4.39 Å². The first-order chi connectivity index (χ1) is 12.1. The highest BCUT2D eigenvalue weighted by molar-refractivity contribution is 5.70. The second-order valence-corrected chi connectivity index (χ2v) is 5.78. The number of aryl methyl sites for hydroxylation is 2. The number of halogens is 1. The summed E-state index contributed by atoms with van der Waals surface area (Å²) in [4.78, 5) is 19.7. The van der Waals surface area contributed by atoms with Crippen molar-refractivity contribution in [3.8, 4) is 17.0 Å². The monoisotopic (exact) mass is 338 g/mol. The summed E-state index contributed by atoms with van der Waals surface area (Å²) in [5, 5.41) is 0. The predicted molar refractivity (Wildman–Crippen MR) is 95.4 cm³/mol. The van der Waals surface area contributed by atoms with Gasteiger partial charge in [0.1, 0.15) is 5.82 Å². The molecule has 0 unspecified atom stereocenters. The van der Waals surface area contributed by atoms with Crippen molar-refractivity contribution in [2.45, 2.75) is 19.8 Å². The lowest BCUT2D eigenvalue weighted by Crippen LogP contribution is -2.18. The lowest BCUT2D eigenvalue weighted by atomic mass is 9.99. The van der Waals surface area contributed by atoms with Crippen LogP contribution in [0.2, 0.25) is 0 Å². The summed E-state index contributed by atoms with van der Waals surface area (Å²) >= 11 is 0. The molecule has 3 aromatic rings. The summed E-state index contributed by atoms with van der Waals surface area (Å²) in [6.45, 7) is 1.71. The molecule has 0 atom stereocenters. The number of benzene rings is 2. The van der Waals surface area contributed by atoms with Gasteiger partial charge in [-0.15, -0.1) is 0 Å². The summed E-state index contributed by atoms with van der Waals surface area (Å²) in [5.74, 6) is 0.101. The van der Waals surface area contributed by atoms with Crippen LogP contribution in [0.15, 0.2) is 53.3 Å². The molecule has 0 spiro atoms. The standard InChI is InChI=1S/C20H19FN2O2/c1-13-22-18(15-9-6-10-17(21)19(15)25-2)16(20(24)23-13)12-11-14-7-4-3-5-8-14/h3-10H,11-12H2,1-2H3,(H,22,23,24).